The predicted octanol–water partition coefficient (Wildman–Crippen LogP) is 2.14. The molecule has 19 heavy (non-hydrogen) atoms. The Morgan fingerprint density at radius 3 is 3.16 bits per heavy atom. The molecule has 0 spiro atoms. The Balaban J connectivity index is 2.12. The molecule has 1 aromatic carbocycles. The Morgan fingerprint density at radius 1 is 1.42 bits per heavy atom. The molecular weight excluding hydrogens is 234 g/mol. The van der Waals surface area contributed by atoms with Gasteiger partial charge in [0, 0.05) is 29.7 Å². The second kappa shape index (κ2) is 4.91. The molecule has 3 rings (SSSR count). The van der Waals surface area contributed by atoms with E-state index in [1.54, 1.807) is 0 Å². The third-order valence-corrected chi connectivity index (χ3v) is 3.55. The molecule has 0 amide bonds. The summed E-state index contributed by atoms with van der Waals surface area (Å²) in [4.78, 5) is 6.70. The topological polar surface area (TPSA) is 42.1 Å². The molecule has 96 valence electrons. The highest BCUT2D eigenvalue weighted by atomic mass is 15.1. The van der Waals surface area contributed by atoms with Crippen molar-refractivity contribution in [1.82, 2.24) is 4.98 Å². The van der Waals surface area contributed by atoms with Gasteiger partial charge in [-0.3, -0.25) is 4.98 Å². The second-order valence-corrected chi connectivity index (χ2v) is 4.88. The summed E-state index contributed by atoms with van der Waals surface area (Å²) in [6.45, 7) is 3.70. The zero-order valence-corrected chi connectivity index (χ0v) is 11.1. The van der Waals surface area contributed by atoms with Crippen LogP contribution >= 0.6 is 0 Å². The number of nitrogens with two attached hydrogens (primary N) is 1. The minimum atomic E-state index is 0.180. The number of anilines is 1. The van der Waals surface area contributed by atoms with Crippen LogP contribution < -0.4 is 10.6 Å². The quantitative estimate of drug-likeness (QED) is 0.850. The number of benzene rings is 1. The Kier molecular flexibility index (Phi) is 3.10. The number of nitrogens with zero attached hydrogens (tertiary/aromatic N) is 2. The summed E-state index contributed by atoms with van der Waals surface area (Å²) in [7, 11) is 0. The summed E-state index contributed by atoms with van der Waals surface area (Å²) >= 11 is 0. The van der Waals surface area contributed by atoms with E-state index in [1.807, 2.05) is 18.3 Å². The van der Waals surface area contributed by atoms with E-state index in [2.05, 4.69) is 40.8 Å². The zero-order valence-electron chi connectivity index (χ0n) is 11.1. The van der Waals surface area contributed by atoms with E-state index in [4.69, 9.17) is 5.73 Å². The average Bonchev–Trinajstić information content (AvgIpc) is 2.47. The Hall–Kier alpha value is -2.05. The lowest BCUT2D eigenvalue weighted by molar-refractivity contribution is 0.631. The van der Waals surface area contributed by atoms with Crippen molar-refractivity contribution in [3.05, 3.63) is 36.0 Å². The molecule has 0 radical (unpaired) electrons. The summed E-state index contributed by atoms with van der Waals surface area (Å²) in [5.41, 5.74) is 9.38. The van der Waals surface area contributed by atoms with Crippen LogP contribution in [0.15, 0.2) is 30.5 Å². The highest BCUT2D eigenvalue weighted by Gasteiger charge is 2.18. The molecule has 1 aromatic heterocycles. The molecule has 0 saturated heterocycles. The van der Waals surface area contributed by atoms with Gasteiger partial charge < -0.3 is 10.6 Å². The van der Waals surface area contributed by atoms with Crippen LogP contribution in [0.3, 0.4) is 0 Å². The Morgan fingerprint density at radius 2 is 2.32 bits per heavy atom. The number of hydrogen-bond donors (Lipinski definition) is 1. The fourth-order valence-electron chi connectivity index (χ4n) is 2.46. The molecule has 2 heterocycles. The first-order valence-electron chi connectivity index (χ1n) is 6.66. The number of pyridine rings is 1. The summed E-state index contributed by atoms with van der Waals surface area (Å²) in [5.74, 6) is 6.40. The zero-order chi connectivity index (χ0) is 13.2. The highest BCUT2D eigenvalue weighted by molar-refractivity contribution is 5.95. The van der Waals surface area contributed by atoms with Gasteiger partial charge in [0.1, 0.15) is 0 Å². The van der Waals surface area contributed by atoms with Crippen molar-refractivity contribution >= 4 is 16.6 Å². The molecule has 0 fully saturated rings. The van der Waals surface area contributed by atoms with Crippen molar-refractivity contribution in [2.75, 3.05) is 18.0 Å². The van der Waals surface area contributed by atoms with E-state index in [9.17, 15) is 0 Å². The van der Waals surface area contributed by atoms with Crippen molar-refractivity contribution < 1.29 is 0 Å². The molecule has 0 saturated carbocycles. The van der Waals surface area contributed by atoms with E-state index in [-0.39, 0.29) is 6.04 Å². The van der Waals surface area contributed by atoms with E-state index >= 15 is 0 Å². The van der Waals surface area contributed by atoms with Gasteiger partial charge in [-0.25, -0.2) is 0 Å². The second-order valence-electron chi connectivity index (χ2n) is 4.88. The fourth-order valence-corrected chi connectivity index (χ4v) is 2.46. The highest BCUT2D eigenvalue weighted by Crippen LogP contribution is 2.31. The minimum Gasteiger partial charge on any atom is -0.357 e. The third kappa shape index (κ3) is 2.16. The van der Waals surface area contributed by atoms with Crippen LogP contribution in [-0.2, 0) is 0 Å². The molecular formula is C16H17N3. The van der Waals surface area contributed by atoms with Crippen molar-refractivity contribution in [1.29, 1.82) is 0 Å². The maximum atomic E-state index is 6.10. The Labute approximate surface area is 113 Å². The van der Waals surface area contributed by atoms with Gasteiger partial charge in [0.2, 0.25) is 0 Å². The van der Waals surface area contributed by atoms with Gasteiger partial charge in [0.15, 0.2) is 0 Å². The fraction of sp³-hybridized carbons (Fsp3) is 0.312. The van der Waals surface area contributed by atoms with Gasteiger partial charge in [-0.2, -0.15) is 0 Å². The van der Waals surface area contributed by atoms with E-state index < -0.39 is 0 Å². The molecule has 1 atom stereocenters. The van der Waals surface area contributed by atoms with Gasteiger partial charge >= 0.3 is 0 Å². The van der Waals surface area contributed by atoms with E-state index in [1.165, 1.54) is 5.69 Å². The molecule has 3 heteroatoms. The van der Waals surface area contributed by atoms with Gasteiger partial charge in [-0.15, -0.1) is 0 Å². The monoisotopic (exact) mass is 251 g/mol. The summed E-state index contributed by atoms with van der Waals surface area (Å²) in [6.07, 6.45) is 2.80. The third-order valence-electron chi connectivity index (χ3n) is 3.55. The maximum absolute atomic E-state index is 6.10. The number of hydrogen-bond acceptors (Lipinski definition) is 3. The molecule has 1 aliphatic heterocycles. The molecule has 0 bridgehead atoms. The van der Waals surface area contributed by atoms with Crippen LogP contribution in [0.4, 0.5) is 5.69 Å². The summed E-state index contributed by atoms with van der Waals surface area (Å²) in [5, 5.41) is 1.16. The summed E-state index contributed by atoms with van der Waals surface area (Å²) < 4.78 is 0. The first kappa shape index (κ1) is 12.0. The van der Waals surface area contributed by atoms with Crippen molar-refractivity contribution in [2.24, 2.45) is 5.73 Å². The van der Waals surface area contributed by atoms with E-state index in [0.717, 1.165) is 36.0 Å². The number of rotatable bonds is 3. The summed E-state index contributed by atoms with van der Waals surface area (Å²) in [6, 6.07) is 8.36. The van der Waals surface area contributed by atoms with Crippen molar-refractivity contribution in [3.8, 4) is 11.8 Å². The first-order chi connectivity index (χ1) is 9.29. The van der Waals surface area contributed by atoms with Crippen LogP contribution in [0.5, 0.6) is 0 Å². The van der Waals surface area contributed by atoms with Gasteiger partial charge in [0.25, 0.3) is 0 Å². The number of aromatic nitrogens is 1. The molecule has 1 aliphatic rings. The number of fused-ring (bicyclic) bond motifs is 3. The SMILES string of the molecule is CC[C@@H](N)CN1CC#Cc2ccc3ncccc3c21. The lowest BCUT2D eigenvalue weighted by Crippen LogP contribution is -2.38. The van der Waals surface area contributed by atoms with Crippen LogP contribution in [0.1, 0.15) is 18.9 Å². The normalized spacial score (nSPS) is 14.7. The van der Waals surface area contributed by atoms with Crippen molar-refractivity contribution in [3.63, 3.8) is 0 Å². The minimum absolute atomic E-state index is 0.180. The van der Waals surface area contributed by atoms with Gasteiger partial charge in [-0.1, -0.05) is 18.8 Å². The first-order valence-corrected chi connectivity index (χ1v) is 6.66. The molecule has 3 nitrogen and oxygen atoms in total. The van der Waals surface area contributed by atoms with Crippen molar-refractivity contribution in [2.45, 2.75) is 19.4 Å². The standard InChI is InChI=1S/C16H17N3/c1-2-13(17)11-19-10-4-5-12-7-8-15-14(16(12)19)6-3-9-18-15/h3,6-9,13H,2,10-11,17H2,1H3/t13-/m1/s1. The lowest BCUT2D eigenvalue weighted by atomic mass is 10.0. The predicted molar refractivity (Wildman–Crippen MR) is 79.1 cm³/mol. The van der Waals surface area contributed by atoms with Crippen LogP contribution in [0.2, 0.25) is 0 Å². The lowest BCUT2D eigenvalue weighted by Gasteiger charge is -2.29. The molecule has 0 unspecified atom stereocenters. The smallest absolute Gasteiger partial charge is 0.0799 e. The average molecular weight is 251 g/mol. The van der Waals surface area contributed by atoms with Crippen LogP contribution in [0, 0.1) is 11.8 Å². The Bertz CT molecular complexity index is 666. The van der Waals surface area contributed by atoms with Gasteiger partial charge in [0.05, 0.1) is 17.7 Å². The van der Waals surface area contributed by atoms with E-state index in [0.29, 0.717) is 0 Å². The van der Waals surface area contributed by atoms with Crippen LogP contribution in [0.25, 0.3) is 10.9 Å². The van der Waals surface area contributed by atoms with Gasteiger partial charge in [-0.05, 0) is 30.7 Å². The van der Waals surface area contributed by atoms with Crippen LogP contribution in [-0.4, -0.2) is 24.1 Å². The molecule has 0 aliphatic carbocycles. The largest absolute Gasteiger partial charge is 0.357 e. The molecule has 2 N–H and O–H groups in total. The maximum Gasteiger partial charge on any atom is 0.0799 e. The molecule has 2 aromatic rings.